The Labute approximate surface area is 121 Å². The Morgan fingerprint density at radius 2 is 2.14 bits per heavy atom. The van der Waals surface area contributed by atoms with E-state index in [1.165, 1.54) is 12.1 Å². The zero-order valence-corrected chi connectivity index (χ0v) is 11.9. The maximum Gasteiger partial charge on any atom is 0.311 e. The lowest BCUT2D eigenvalue weighted by Gasteiger charge is -2.29. The SMILES string of the molecule is CC(C)C1(C(=O)O)CCN(c2cc(F)cc([N+](=O)[O-])c2)C1. The van der Waals surface area contributed by atoms with Gasteiger partial charge in [0.2, 0.25) is 0 Å². The summed E-state index contributed by atoms with van der Waals surface area (Å²) in [5.74, 6) is -1.66. The van der Waals surface area contributed by atoms with Gasteiger partial charge in [0.05, 0.1) is 16.4 Å². The summed E-state index contributed by atoms with van der Waals surface area (Å²) in [6.45, 7) is 4.34. The number of carboxylic acids is 1. The van der Waals surface area contributed by atoms with E-state index in [2.05, 4.69) is 0 Å². The third kappa shape index (κ3) is 2.68. The first-order valence-electron chi connectivity index (χ1n) is 6.69. The Bertz CT molecular complexity index is 590. The molecule has 1 N–H and O–H groups in total. The Balaban J connectivity index is 2.33. The second kappa shape index (κ2) is 5.31. The number of aliphatic carboxylic acids is 1. The van der Waals surface area contributed by atoms with Crippen LogP contribution in [0.3, 0.4) is 0 Å². The van der Waals surface area contributed by atoms with Gasteiger partial charge < -0.3 is 10.0 Å². The van der Waals surface area contributed by atoms with Gasteiger partial charge in [-0.2, -0.15) is 0 Å². The number of benzene rings is 1. The molecular formula is C14H17FN2O4. The second-order valence-corrected chi connectivity index (χ2v) is 5.71. The summed E-state index contributed by atoms with van der Waals surface area (Å²) < 4.78 is 13.5. The maximum atomic E-state index is 13.5. The van der Waals surface area contributed by atoms with Crippen LogP contribution in [-0.2, 0) is 4.79 Å². The summed E-state index contributed by atoms with van der Waals surface area (Å²) in [7, 11) is 0. The third-order valence-electron chi connectivity index (χ3n) is 4.28. The molecule has 1 atom stereocenters. The van der Waals surface area contributed by atoms with Crippen LogP contribution in [-0.4, -0.2) is 29.1 Å². The molecule has 1 aromatic rings. The Hall–Kier alpha value is -2.18. The fraction of sp³-hybridized carbons (Fsp3) is 0.500. The number of non-ortho nitro benzene ring substituents is 1. The second-order valence-electron chi connectivity index (χ2n) is 5.71. The molecule has 2 rings (SSSR count). The lowest BCUT2D eigenvalue weighted by Crippen LogP contribution is -2.39. The Morgan fingerprint density at radius 1 is 1.48 bits per heavy atom. The van der Waals surface area contributed by atoms with Crippen LogP contribution in [0.5, 0.6) is 0 Å². The minimum atomic E-state index is -0.902. The molecule has 1 saturated heterocycles. The normalized spacial score (nSPS) is 21.8. The average Bonchev–Trinajstić information content (AvgIpc) is 2.84. The number of nitro benzene ring substituents is 1. The van der Waals surface area contributed by atoms with Gasteiger partial charge in [0, 0.05) is 24.8 Å². The van der Waals surface area contributed by atoms with E-state index >= 15 is 0 Å². The zero-order chi connectivity index (χ0) is 15.8. The van der Waals surface area contributed by atoms with Gasteiger partial charge in [0.25, 0.3) is 5.69 Å². The first-order chi connectivity index (χ1) is 9.76. The highest BCUT2D eigenvalue weighted by molar-refractivity contribution is 5.77. The molecule has 1 heterocycles. The summed E-state index contributed by atoms with van der Waals surface area (Å²) in [5.41, 5.74) is -0.881. The number of carboxylic acid groups (broad SMARTS) is 1. The van der Waals surface area contributed by atoms with Crippen LogP contribution in [0.4, 0.5) is 15.8 Å². The van der Waals surface area contributed by atoms with Crippen molar-refractivity contribution in [1.82, 2.24) is 0 Å². The fourth-order valence-electron chi connectivity index (χ4n) is 2.79. The standard InChI is InChI=1S/C14H17FN2O4/c1-9(2)14(13(18)19)3-4-16(8-14)11-5-10(15)6-12(7-11)17(20)21/h5-7,9H,3-4,8H2,1-2H3,(H,18,19). The van der Waals surface area contributed by atoms with E-state index < -0.39 is 22.1 Å². The molecule has 0 bridgehead atoms. The van der Waals surface area contributed by atoms with Gasteiger partial charge in [0.1, 0.15) is 5.82 Å². The molecule has 7 heteroatoms. The maximum absolute atomic E-state index is 13.5. The van der Waals surface area contributed by atoms with Crippen molar-refractivity contribution in [2.24, 2.45) is 11.3 Å². The third-order valence-corrected chi connectivity index (χ3v) is 4.28. The molecule has 0 saturated carbocycles. The number of nitro groups is 1. The molecule has 1 aliphatic rings. The van der Waals surface area contributed by atoms with Gasteiger partial charge in [-0.25, -0.2) is 4.39 Å². The van der Waals surface area contributed by atoms with E-state index in [9.17, 15) is 24.4 Å². The van der Waals surface area contributed by atoms with Gasteiger partial charge in [-0.15, -0.1) is 0 Å². The van der Waals surface area contributed by atoms with Crippen molar-refractivity contribution in [1.29, 1.82) is 0 Å². The minimum absolute atomic E-state index is 0.0801. The average molecular weight is 296 g/mol. The van der Waals surface area contributed by atoms with Crippen LogP contribution in [0.1, 0.15) is 20.3 Å². The molecule has 0 spiro atoms. The van der Waals surface area contributed by atoms with Gasteiger partial charge in [-0.3, -0.25) is 14.9 Å². The van der Waals surface area contributed by atoms with Crippen molar-refractivity contribution in [3.63, 3.8) is 0 Å². The van der Waals surface area contributed by atoms with Crippen molar-refractivity contribution in [3.8, 4) is 0 Å². The van der Waals surface area contributed by atoms with Crippen molar-refractivity contribution >= 4 is 17.3 Å². The first kappa shape index (κ1) is 15.2. The molecule has 1 aliphatic heterocycles. The lowest BCUT2D eigenvalue weighted by molar-refractivity contribution is -0.385. The predicted octanol–water partition coefficient (Wildman–Crippen LogP) is 2.67. The molecule has 1 unspecified atom stereocenters. The van der Waals surface area contributed by atoms with E-state index in [1.54, 1.807) is 4.90 Å². The summed E-state index contributed by atoms with van der Waals surface area (Å²) in [6.07, 6.45) is 0.435. The lowest BCUT2D eigenvalue weighted by atomic mass is 9.76. The van der Waals surface area contributed by atoms with Gasteiger partial charge in [0.15, 0.2) is 0 Å². The number of hydrogen-bond acceptors (Lipinski definition) is 4. The summed E-state index contributed by atoms with van der Waals surface area (Å²) in [4.78, 5) is 23.4. The van der Waals surface area contributed by atoms with Crippen molar-refractivity contribution in [2.45, 2.75) is 20.3 Å². The molecule has 0 aliphatic carbocycles. The molecule has 114 valence electrons. The van der Waals surface area contributed by atoms with Crippen LogP contribution in [0.15, 0.2) is 18.2 Å². The van der Waals surface area contributed by atoms with Crippen molar-refractivity contribution in [2.75, 3.05) is 18.0 Å². The fourth-order valence-corrected chi connectivity index (χ4v) is 2.79. The van der Waals surface area contributed by atoms with Crippen LogP contribution in [0.2, 0.25) is 0 Å². The van der Waals surface area contributed by atoms with Crippen molar-refractivity contribution in [3.05, 3.63) is 34.1 Å². The predicted molar refractivity (Wildman–Crippen MR) is 74.8 cm³/mol. The van der Waals surface area contributed by atoms with Gasteiger partial charge in [-0.1, -0.05) is 13.8 Å². The minimum Gasteiger partial charge on any atom is -0.481 e. The molecule has 0 radical (unpaired) electrons. The van der Waals surface area contributed by atoms with Gasteiger partial charge >= 0.3 is 5.97 Å². The number of hydrogen-bond donors (Lipinski definition) is 1. The van der Waals surface area contributed by atoms with Crippen LogP contribution in [0.25, 0.3) is 0 Å². The monoisotopic (exact) mass is 296 g/mol. The quantitative estimate of drug-likeness (QED) is 0.682. The Morgan fingerprint density at radius 3 is 2.62 bits per heavy atom. The number of halogens is 1. The van der Waals surface area contributed by atoms with Crippen LogP contribution < -0.4 is 4.90 Å². The molecule has 0 amide bonds. The topological polar surface area (TPSA) is 83.7 Å². The van der Waals surface area contributed by atoms with Crippen molar-refractivity contribution < 1.29 is 19.2 Å². The molecule has 6 nitrogen and oxygen atoms in total. The summed E-state index contributed by atoms with van der Waals surface area (Å²) >= 11 is 0. The van der Waals surface area contributed by atoms with Crippen LogP contribution in [0, 0.1) is 27.3 Å². The number of carbonyl (C=O) groups is 1. The summed E-state index contributed by atoms with van der Waals surface area (Å²) in [5, 5.41) is 20.3. The number of rotatable bonds is 4. The van der Waals surface area contributed by atoms with E-state index in [4.69, 9.17) is 0 Å². The highest BCUT2D eigenvalue weighted by Gasteiger charge is 2.47. The van der Waals surface area contributed by atoms with Gasteiger partial charge in [-0.05, 0) is 18.4 Å². The van der Waals surface area contributed by atoms with E-state index in [0.717, 1.165) is 6.07 Å². The molecule has 21 heavy (non-hydrogen) atoms. The zero-order valence-electron chi connectivity index (χ0n) is 11.9. The molecule has 1 fully saturated rings. The summed E-state index contributed by atoms with van der Waals surface area (Å²) in [6, 6.07) is 3.33. The Kier molecular flexibility index (Phi) is 3.85. The highest BCUT2D eigenvalue weighted by Crippen LogP contribution is 2.40. The van der Waals surface area contributed by atoms with Crippen LogP contribution >= 0.6 is 0 Å². The highest BCUT2D eigenvalue weighted by atomic mass is 19.1. The van der Waals surface area contributed by atoms with E-state index in [-0.39, 0.29) is 18.2 Å². The smallest absolute Gasteiger partial charge is 0.311 e. The number of anilines is 1. The van der Waals surface area contributed by atoms with E-state index in [1.807, 2.05) is 13.8 Å². The molecule has 1 aromatic carbocycles. The molecular weight excluding hydrogens is 279 g/mol. The number of nitrogens with zero attached hydrogens (tertiary/aromatic N) is 2. The van der Waals surface area contributed by atoms with E-state index in [0.29, 0.717) is 18.7 Å². The largest absolute Gasteiger partial charge is 0.481 e. The molecule has 0 aromatic heterocycles. The first-order valence-corrected chi connectivity index (χ1v) is 6.69.